The molecule has 4 nitrogen and oxygen atoms in total. The van der Waals surface area contributed by atoms with Crippen molar-refractivity contribution in [3.63, 3.8) is 0 Å². The van der Waals surface area contributed by atoms with Crippen LogP contribution in [0.1, 0.15) is 11.1 Å². The van der Waals surface area contributed by atoms with E-state index in [1.54, 1.807) is 24.3 Å². The Balaban J connectivity index is 2.36. The van der Waals surface area contributed by atoms with E-state index in [-0.39, 0.29) is 17.0 Å². The van der Waals surface area contributed by atoms with E-state index >= 15 is 0 Å². The summed E-state index contributed by atoms with van der Waals surface area (Å²) in [5.74, 6) is -0.538. The van der Waals surface area contributed by atoms with Crippen LogP contribution >= 0.6 is 0 Å². The van der Waals surface area contributed by atoms with Gasteiger partial charge in [0.1, 0.15) is 5.82 Å². The van der Waals surface area contributed by atoms with Crippen molar-refractivity contribution in [2.75, 3.05) is 12.8 Å². The first-order valence-electron chi connectivity index (χ1n) is 6.39. The van der Waals surface area contributed by atoms with Gasteiger partial charge >= 0.3 is 0 Å². The molecule has 0 saturated carbocycles. The molecule has 0 fully saturated rings. The molecular weight excluding hydrogens is 291 g/mol. The van der Waals surface area contributed by atoms with Crippen LogP contribution in [0.5, 0.6) is 0 Å². The molecule has 2 aromatic carbocycles. The van der Waals surface area contributed by atoms with Crippen molar-refractivity contribution in [3.05, 3.63) is 59.4 Å². The van der Waals surface area contributed by atoms with Gasteiger partial charge in [-0.15, -0.1) is 0 Å². The Labute approximate surface area is 124 Å². The zero-order valence-corrected chi connectivity index (χ0v) is 12.7. The molecular formula is C15H17FN2O2S. The maximum absolute atomic E-state index is 13.6. The van der Waals surface area contributed by atoms with Gasteiger partial charge < -0.3 is 5.73 Å². The standard InChI is InChI=1S/C15H17FN2O2S/c1-11-13(16)7-5-9-15(11)21(19,20)18(2)10-12-6-3-4-8-14(12)17/h3-9H,10,17H2,1-2H3. The number of rotatable bonds is 4. The van der Waals surface area contributed by atoms with Gasteiger partial charge in [0.25, 0.3) is 0 Å². The van der Waals surface area contributed by atoms with Crippen LogP contribution in [0, 0.1) is 12.7 Å². The summed E-state index contributed by atoms with van der Waals surface area (Å²) < 4.78 is 39.8. The maximum Gasteiger partial charge on any atom is 0.243 e. The number of para-hydroxylation sites is 1. The molecule has 0 amide bonds. The summed E-state index contributed by atoms with van der Waals surface area (Å²) in [7, 11) is -2.32. The summed E-state index contributed by atoms with van der Waals surface area (Å²) in [6.45, 7) is 1.58. The van der Waals surface area contributed by atoms with Gasteiger partial charge in [-0.2, -0.15) is 4.31 Å². The van der Waals surface area contributed by atoms with Crippen LogP contribution in [0.3, 0.4) is 0 Å². The number of nitrogens with two attached hydrogens (primary N) is 1. The lowest BCUT2D eigenvalue weighted by atomic mass is 10.2. The first kappa shape index (κ1) is 15.5. The first-order valence-corrected chi connectivity index (χ1v) is 7.83. The first-order chi connectivity index (χ1) is 9.84. The van der Waals surface area contributed by atoms with Crippen molar-refractivity contribution in [3.8, 4) is 0 Å². The number of halogens is 1. The van der Waals surface area contributed by atoms with E-state index in [0.717, 1.165) is 0 Å². The van der Waals surface area contributed by atoms with E-state index in [9.17, 15) is 12.8 Å². The van der Waals surface area contributed by atoms with Crippen molar-refractivity contribution >= 4 is 15.7 Å². The van der Waals surface area contributed by atoms with E-state index < -0.39 is 15.8 Å². The second-order valence-corrected chi connectivity index (χ2v) is 6.84. The van der Waals surface area contributed by atoms with Gasteiger partial charge in [-0.3, -0.25) is 0 Å². The van der Waals surface area contributed by atoms with Gasteiger partial charge in [0.05, 0.1) is 4.90 Å². The molecule has 2 rings (SSSR count). The molecule has 2 aromatic rings. The largest absolute Gasteiger partial charge is 0.398 e. The minimum absolute atomic E-state index is 0.0282. The topological polar surface area (TPSA) is 63.4 Å². The normalized spacial score (nSPS) is 11.8. The molecule has 0 aliphatic rings. The average Bonchev–Trinajstić information content (AvgIpc) is 2.44. The van der Waals surface area contributed by atoms with E-state index in [0.29, 0.717) is 11.3 Å². The van der Waals surface area contributed by atoms with Crippen molar-refractivity contribution in [1.82, 2.24) is 4.31 Å². The molecule has 0 spiro atoms. The molecule has 0 saturated heterocycles. The van der Waals surface area contributed by atoms with Crippen LogP contribution in [0.15, 0.2) is 47.4 Å². The Morgan fingerprint density at radius 2 is 1.81 bits per heavy atom. The van der Waals surface area contributed by atoms with Gasteiger partial charge in [0.2, 0.25) is 10.0 Å². The summed E-state index contributed by atoms with van der Waals surface area (Å²) in [6, 6.07) is 11.1. The summed E-state index contributed by atoms with van der Waals surface area (Å²) in [5, 5.41) is 0. The number of benzene rings is 2. The molecule has 112 valence electrons. The monoisotopic (exact) mass is 308 g/mol. The van der Waals surface area contributed by atoms with E-state index in [1.165, 1.54) is 36.5 Å². The quantitative estimate of drug-likeness (QED) is 0.883. The van der Waals surface area contributed by atoms with Crippen LogP contribution in [0.25, 0.3) is 0 Å². The summed E-state index contributed by atoms with van der Waals surface area (Å²) in [4.78, 5) is -0.0282. The van der Waals surface area contributed by atoms with Crippen LogP contribution < -0.4 is 5.73 Å². The minimum Gasteiger partial charge on any atom is -0.398 e. The van der Waals surface area contributed by atoms with E-state index in [1.807, 2.05) is 0 Å². The second kappa shape index (κ2) is 5.83. The Bertz CT molecular complexity index is 760. The average molecular weight is 308 g/mol. The third kappa shape index (κ3) is 3.06. The predicted molar refractivity (Wildman–Crippen MR) is 80.6 cm³/mol. The van der Waals surface area contributed by atoms with E-state index in [4.69, 9.17) is 5.73 Å². The van der Waals surface area contributed by atoms with Crippen molar-refractivity contribution in [2.24, 2.45) is 0 Å². The zero-order chi connectivity index (χ0) is 15.6. The summed E-state index contributed by atoms with van der Waals surface area (Å²) >= 11 is 0. The molecule has 0 aliphatic heterocycles. The van der Waals surface area contributed by atoms with Gasteiger partial charge in [0, 0.05) is 24.8 Å². The molecule has 0 bridgehead atoms. The fourth-order valence-electron chi connectivity index (χ4n) is 2.04. The third-order valence-electron chi connectivity index (χ3n) is 3.35. The molecule has 2 N–H and O–H groups in total. The predicted octanol–water partition coefficient (Wildman–Crippen LogP) is 2.54. The Hall–Kier alpha value is -1.92. The van der Waals surface area contributed by atoms with Crippen molar-refractivity contribution in [2.45, 2.75) is 18.4 Å². The highest BCUT2D eigenvalue weighted by Crippen LogP contribution is 2.23. The summed E-state index contributed by atoms with van der Waals surface area (Å²) in [5.41, 5.74) is 7.17. The lowest BCUT2D eigenvalue weighted by Crippen LogP contribution is -2.27. The fourth-order valence-corrected chi connectivity index (χ4v) is 3.42. The second-order valence-electron chi connectivity index (χ2n) is 4.82. The molecule has 0 aliphatic carbocycles. The van der Waals surface area contributed by atoms with Crippen molar-refractivity contribution in [1.29, 1.82) is 0 Å². The minimum atomic E-state index is -3.77. The van der Waals surface area contributed by atoms with Gasteiger partial charge in [-0.1, -0.05) is 24.3 Å². The van der Waals surface area contributed by atoms with Gasteiger partial charge in [0.15, 0.2) is 0 Å². The molecule has 0 atom stereocenters. The van der Waals surface area contributed by atoms with Crippen LogP contribution in [0.4, 0.5) is 10.1 Å². The number of nitrogen functional groups attached to an aromatic ring is 1. The lowest BCUT2D eigenvalue weighted by molar-refractivity contribution is 0.465. The number of nitrogens with zero attached hydrogens (tertiary/aromatic N) is 1. The zero-order valence-electron chi connectivity index (χ0n) is 11.9. The molecule has 0 unspecified atom stereocenters. The van der Waals surface area contributed by atoms with Crippen LogP contribution in [0.2, 0.25) is 0 Å². The lowest BCUT2D eigenvalue weighted by Gasteiger charge is -2.19. The molecule has 0 aromatic heterocycles. The third-order valence-corrected chi connectivity index (χ3v) is 5.30. The van der Waals surface area contributed by atoms with Crippen molar-refractivity contribution < 1.29 is 12.8 Å². The Kier molecular flexibility index (Phi) is 4.29. The van der Waals surface area contributed by atoms with E-state index in [2.05, 4.69) is 0 Å². The van der Waals surface area contributed by atoms with Crippen LogP contribution in [-0.2, 0) is 16.6 Å². The Morgan fingerprint density at radius 1 is 1.14 bits per heavy atom. The SMILES string of the molecule is Cc1c(F)cccc1S(=O)(=O)N(C)Cc1ccccc1N. The van der Waals surface area contributed by atoms with Gasteiger partial charge in [-0.25, -0.2) is 12.8 Å². The molecule has 6 heteroatoms. The highest BCUT2D eigenvalue weighted by molar-refractivity contribution is 7.89. The summed E-state index contributed by atoms with van der Waals surface area (Å²) in [6.07, 6.45) is 0. The molecule has 0 heterocycles. The highest BCUT2D eigenvalue weighted by atomic mass is 32.2. The molecule has 21 heavy (non-hydrogen) atoms. The van der Waals surface area contributed by atoms with Gasteiger partial charge in [-0.05, 0) is 30.7 Å². The van der Waals surface area contributed by atoms with Crippen LogP contribution in [-0.4, -0.2) is 19.8 Å². The maximum atomic E-state index is 13.6. The number of sulfonamides is 1. The number of anilines is 1. The highest BCUT2D eigenvalue weighted by Gasteiger charge is 2.24. The fraction of sp³-hybridized carbons (Fsp3) is 0.200. The Morgan fingerprint density at radius 3 is 2.48 bits per heavy atom. The number of hydrogen-bond acceptors (Lipinski definition) is 3. The number of hydrogen-bond donors (Lipinski definition) is 1. The smallest absolute Gasteiger partial charge is 0.243 e. The molecule has 0 radical (unpaired) electrons.